The van der Waals surface area contributed by atoms with Crippen molar-refractivity contribution in [2.75, 3.05) is 13.2 Å². The molecule has 100 valence electrons. The number of fused-ring (bicyclic) bond motifs is 2. The van der Waals surface area contributed by atoms with Gasteiger partial charge in [0.15, 0.2) is 0 Å². The Bertz CT molecular complexity index is 515. The number of nitro groups is 1. The Kier molecular flexibility index (Phi) is 2.83. The lowest BCUT2D eigenvalue weighted by Gasteiger charge is -2.25. The van der Waals surface area contributed by atoms with Crippen LogP contribution < -0.4 is 4.74 Å². The van der Waals surface area contributed by atoms with Crippen molar-refractivity contribution < 1.29 is 19.2 Å². The summed E-state index contributed by atoms with van der Waals surface area (Å²) in [6.07, 6.45) is 0.550. The van der Waals surface area contributed by atoms with Crippen molar-refractivity contribution in [3.63, 3.8) is 0 Å². The number of hydrogen-bond acceptors (Lipinski definition) is 5. The maximum Gasteiger partial charge on any atom is 0.415 e. The lowest BCUT2D eigenvalue weighted by molar-refractivity contribution is -0.384. The lowest BCUT2D eigenvalue weighted by Crippen LogP contribution is -2.42. The van der Waals surface area contributed by atoms with Gasteiger partial charge in [-0.2, -0.15) is 0 Å². The van der Waals surface area contributed by atoms with Crippen LogP contribution in [-0.4, -0.2) is 41.2 Å². The minimum Gasteiger partial charge on any atom is -0.410 e. The summed E-state index contributed by atoms with van der Waals surface area (Å²) >= 11 is 0. The van der Waals surface area contributed by atoms with E-state index in [1.807, 2.05) is 0 Å². The molecular formula is C12H12N2O5. The predicted molar refractivity (Wildman–Crippen MR) is 64.0 cm³/mol. The second-order valence-corrected chi connectivity index (χ2v) is 4.62. The Balaban J connectivity index is 1.64. The van der Waals surface area contributed by atoms with Crippen molar-refractivity contribution in [1.82, 2.24) is 4.90 Å². The summed E-state index contributed by atoms with van der Waals surface area (Å²) in [4.78, 5) is 23.6. The molecule has 3 rings (SSSR count). The molecule has 0 N–H and O–H groups in total. The van der Waals surface area contributed by atoms with Crippen molar-refractivity contribution in [3.8, 4) is 5.75 Å². The quantitative estimate of drug-likeness (QED) is 0.598. The van der Waals surface area contributed by atoms with Crippen LogP contribution >= 0.6 is 0 Å². The largest absolute Gasteiger partial charge is 0.415 e. The van der Waals surface area contributed by atoms with Gasteiger partial charge in [-0.25, -0.2) is 4.79 Å². The Morgan fingerprint density at radius 1 is 1.42 bits per heavy atom. The summed E-state index contributed by atoms with van der Waals surface area (Å²) in [5, 5.41) is 10.5. The van der Waals surface area contributed by atoms with Crippen molar-refractivity contribution in [1.29, 1.82) is 0 Å². The van der Waals surface area contributed by atoms with E-state index < -0.39 is 11.0 Å². The van der Waals surface area contributed by atoms with E-state index in [0.29, 0.717) is 18.9 Å². The van der Waals surface area contributed by atoms with Gasteiger partial charge in [-0.3, -0.25) is 15.0 Å². The number of carbonyl (C=O) groups is 1. The number of ether oxygens (including phenoxy) is 2. The van der Waals surface area contributed by atoms with Crippen molar-refractivity contribution in [2.24, 2.45) is 0 Å². The molecule has 2 heterocycles. The molecule has 7 heteroatoms. The summed E-state index contributed by atoms with van der Waals surface area (Å²) in [6.45, 7) is 1.11. The van der Waals surface area contributed by atoms with Gasteiger partial charge in [-0.15, -0.1) is 0 Å². The maximum absolute atomic E-state index is 11.9. The second-order valence-electron chi connectivity index (χ2n) is 4.62. The highest BCUT2D eigenvalue weighted by Gasteiger charge is 2.42. The average molecular weight is 264 g/mol. The number of likely N-dealkylation sites (tertiary alicyclic amines) is 1. The highest BCUT2D eigenvalue weighted by Crippen LogP contribution is 2.28. The van der Waals surface area contributed by atoms with Crippen LogP contribution in [0.3, 0.4) is 0 Å². The number of morpholine rings is 1. The molecule has 2 saturated heterocycles. The molecule has 19 heavy (non-hydrogen) atoms. The van der Waals surface area contributed by atoms with Gasteiger partial charge in [0.2, 0.25) is 0 Å². The van der Waals surface area contributed by atoms with Gasteiger partial charge in [0, 0.05) is 12.1 Å². The molecule has 2 aliphatic rings. The molecule has 7 nitrogen and oxygen atoms in total. The van der Waals surface area contributed by atoms with Gasteiger partial charge < -0.3 is 9.47 Å². The summed E-state index contributed by atoms with van der Waals surface area (Å²) in [7, 11) is 0. The molecule has 1 aromatic rings. The normalized spacial score (nSPS) is 24.5. The van der Waals surface area contributed by atoms with Crippen molar-refractivity contribution in [2.45, 2.75) is 18.6 Å². The fourth-order valence-corrected chi connectivity index (χ4v) is 2.42. The molecule has 0 unspecified atom stereocenters. The number of carbonyl (C=O) groups excluding carboxylic acids is 1. The van der Waals surface area contributed by atoms with E-state index in [0.717, 1.165) is 6.42 Å². The van der Waals surface area contributed by atoms with E-state index in [2.05, 4.69) is 0 Å². The van der Waals surface area contributed by atoms with Crippen LogP contribution in [0.25, 0.3) is 0 Å². The molecule has 0 radical (unpaired) electrons. The summed E-state index contributed by atoms with van der Waals surface area (Å²) in [5.41, 5.74) is -0.0339. The molecule has 0 aliphatic carbocycles. The average Bonchev–Trinajstić information content (AvgIpc) is 3.01. The number of benzene rings is 1. The van der Waals surface area contributed by atoms with E-state index in [1.54, 1.807) is 4.90 Å². The first-order valence-corrected chi connectivity index (χ1v) is 5.98. The molecule has 2 atom stereocenters. The number of non-ortho nitro benzene ring substituents is 1. The Hall–Kier alpha value is -2.15. The first kappa shape index (κ1) is 11.9. The van der Waals surface area contributed by atoms with E-state index in [4.69, 9.17) is 9.47 Å². The summed E-state index contributed by atoms with van der Waals surface area (Å²) in [5.74, 6) is 0.305. The van der Waals surface area contributed by atoms with Gasteiger partial charge >= 0.3 is 6.09 Å². The number of nitrogens with zero attached hydrogens (tertiary/aromatic N) is 2. The van der Waals surface area contributed by atoms with Crippen LogP contribution in [0.4, 0.5) is 10.5 Å². The fourth-order valence-electron chi connectivity index (χ4n) is 2.42. The fraction of sp³-hybridized carbons (Fsp3) is 0.417. The first-order chi connectivity index (χ1) is 9.13. The van der Waals surface area contributed by atoms with E-state index in [1.165, 1.54) is 24.3 Å². The van der Waals surface area contributed by atoms with Gasteiger partial charge in [-0.05, 0) is 18.6 Å². The predicted octanol–water partition coefficient (Wildman–Crippen LogP) is 1.57. The minimum absolute atomic E-state index is 0.0339. The van der Waals surface area contributed by atoms with Gasteiger partial charge in [0.1, 0.15) is 5.75 Å². The smallest absolute Gasteiger partial charge is 0.410 e. The Morgan fingerprint density at radius 2 is 2.16 bits per heavy atom. The number of rotatable bonds is 2. The molecule has 0 saturated carbocycles. The Morgan fingerprint density at radius 3 is 2.68 bits per heavy atom. The van der Waals surface area contributed by atoms with E-state index in [-0.39, 0.29) is 17.8 Å². The van der Waals surface area contributed by atoms with Crippen molar-refractivity contribution >= 4 is 11.8 Å². The van der Waals surface area contributed by atoms with E-state index in [9.17, 15) is 14.9 Å². The van der Waals surface area contributed by atoms with Gasteiger partial charge in [0.05, 0.1) is 30.2 Å². The SMILES string of the molecule is O=C(Oc1ccc([N+](=O)[O-])cc1)N1C[C@H]2C[C@@H]1CO2. The zero-order chi connectivity index (χ0) is 13.4. The molecule has 2 fully saturated rings. The zero-order valence-electron chi connectivity index (χ0n) is 10.0. The number of hydrogen-bond donors (Lipinski definition) is 0. The minimum atomic E-state index is -0.498. The molecule has 0 aromatic heterocycles. The van der Waals surface area contributed by atoms with Gasteiger partial charge in [-0.1, -0.05) is 0 Å². The third-order valence-electron chi connectivity index (χ3n) is 3.39. The van der Waals surface area contributed by atoms with E-state index >= 15 is 0 Å². The highest BCUT2D eigenvalue weighted by atomic mass is 16.6. The van der Waals surface area contributed by atoms with Crippen LogP contribution in [0.2, 0.25) is 0 Å². The first-order valence-electron chi connectivity index (χ1n) is 5.98. The number of nitro benzene ring substituents is 1. The maximum atomic E-state index is 11.9. The van der Waals surface area contributed by atoms with Crippen LogP contribution in [0, 0.1) is 10.1 Å². The highest BCUT2D eigenvalue weighted by molar-refractivity contribution is 5.71. The molecule has 0 spiro atoms. The molecule has 1 amide bonds. The van der Waals surface area contributed by atoms with Crippen molar-refractivity contribution in [3.05, 3.63) is 34.4 Å². The summed E-state index contributed by atoms with van der Waals surface area (Å²) in [6, 6.07) is 5.54. The Labute approximate surface area is 108 Å². The number of amides is 1. The molecule has 2 aliphatic heterocycles. The standard InChI is InChI=1S/C12H12N2O5/c15-12(13-6-11-5-9(13)7-18-11)19-10-3-1-8(2-4-10)14(16)17/h1-4,9,11H,5-7H2/t9-,11-/m1/s1. The third-order valence-corrected chi connectivity index (χ3v) is 3.39. The second kappa shape index (κ2) is 4.51. The molecule has 2 bridgehead atoms. The summed E-state index contributed by atoms with van der Waals surface area (Å²) < 4.78 is 10.6. The van der Waals surface area contributed by atoms with Crippen LogP contribution in [0.1, 0.15) is 6.42 Å². The topological polar surface area (TPSA) is 81.9 Å². The van der Waals surface area contributed by atoms with Crippen LogP contribution in [-0.2, 0) is 4.74 Å². The van der Waals surface area contributed by atoms with Crippen LogP contribution in [0.15, 0.2) is 24.3 Å². The molecule has 1 aromatic carbocycles. The monoisotopic (exact) mass is 264 g/mol. The third kappa shape index (κ3) is 2.24. The zero-order valence-corrected chi connectivity index (χ0v) is 10.0. The van der Waals surface area contributed by atoms with Crippen LogP contribution in [0.5, 0.6) is 5.75 Å². The molecular weight excluding hydrogens is 252 g/mol. The lowest BCUT2D eigenvalue weighted by atomic mass is 10.2. The van der Waals surface area contributed by atoms with Gasteiger partial charge in [0.25, 0.3) is 5.69 Å².